The van der Waals surface area contributed by atoms with Gasteiger partial charge in [0.25, 0.3) is 0 Å². The lowest BCUT2D eigenvalue weighted by Crippen LogP contribution is -2.48. The summed E-state index contributed by atoms with van der Waals surface area (Å²) in [5, 5.41) is 0. The monoisotopic (exact) mass is 282 g/mol. The third kappa shape index (κ3) is 4.21. The molecule has 19 heavy (non-hydrogen) atoms. The van der Waals surface area contributed by atoms with Crippen LogP contribution in [0.25, 0.3) is 0 Å². The lowest BCUT2D eigenvalue weighted by atomic mass is 10.3. The highest BCUT2D eigenvalue weighted by atomic mass is 32.2. The topological polar surface area (TPSA) is 23.6 Å². The molecule has 1 amide bonds. The molecule has 1 fully saturated rings. The molecule has 1 aromatic rings. The van der Waals surface area contributed by atoms with E-state index in [4.69, 9.17) is 0 Å². The van der Waals surface area contributed by atoms with Crippen molar-refractivity contribution in [2.75, 3.05) is 38.5 Å². The Morgan fingerprint density at radius 2 is 1.95 bits per heavy atom. The van der Waals surface area contributed by atoms with Crippen molar-refractivity contribution < 1.29 is 9.18 Å². The van der Waals surface area contributed by atoms with Gasteiger partial charge in [-0.25, -0.2) is 4.39 Å². The molecule has 104 valence electrons. The number of hydrogen-bond donors (Lipinski definition) is 0. The fourth-order valence-electron chi connectivity index (χ4n) is 2.13. The van der Waals surface area contributed by atoms with Gasteiger partial charge in [0.15, 0.2) is 0 Å². The standard InChI is InChI=1S/C14H19FN2OS/c1-12(18)17-8-6-16(7-9-17)10-11-19-14-5-3-2-4-13(14)15/h2-5H,6-11H2,1H3. The van der Waals surface area contributed by atoms with Gasteiger partial charge < -0.3 is 4.90 Å². The fourth-order valence-corrected chi connectivity index (χ4v) is 3.08. The highest BCUT2D eigenvalue weighted by Crippen LogP contribution is 2.21. The lowest BCUT2D eigenvalue weighted by Gasteiger charge is -2.34. The van der Waals surface area contributed by atoms with Crippen molar-refractivity contribution in [1.29, 1.82) is 0 Å². The lowest BCUT2D eigenvalue weighted by molar-refractivity contribution is -0.130. The summed E-state index contributed by atoms with van der Waals surface area (Å²) in [4.78, 5) is 16.1. The Hall–Kier alpha value is -1.07. The number of piperazine rings is 1. The van der Waals surface area contributed by atoms with Crippen molar-refractivity contribution >= 4 is 17.7 Å². The maximum absolute atomic E-state index is 13.4. The summed E-state index contributed by atoms with van der Waals surface area (Å²) in [7, 11) is 0. The molecule has 0 saturated carbocycles. The minimum absolute atomic E-state index is 0.145. The number of halogens is 1. The van der Waals surface area contributed by atoms with Gasteiger partial charge in [0.2, 0.25) is 5.91 Å². The minimum atomic E-state index is -0.145. The molecule has 0 N–H and O–H groups in total. The normalized spacial score (nSPS) is 16.6. The Kier molecular flexibility index (Phi) is 5.22. The number of hydrogen-bond acceptors (Lipinski definition) is 3. The smallest absolute Gasteiger partial charge is 0.219 e. The molecule has 1 aliphatic heterocycles. The summed E-state index contributed by atoms with van der Waals surface area (Å²) >= 11 is 1.55. The van der Waals surface area contributed by atoms with Gasteiger partial charge in [-0.05, 0) is 12.1 Å². The quantitative estimate of drug-likeness (QED) is 0.790. The molecule has 0 spiro atoms. The Bertz CT molecular complexity index is 433. The molecule has 1 saturated heterocycles. The molecule has 0 radical (unpaired) electrons. The highest BCUT2D eigenvalue weighted by molar-refractivity contribution is 7.99. The highest BCUT2D eigenvalue weighted by Gasteiger charge is 2.17. The number of carbonyl (C=O) groups is 1. The first kappa shape index (κ1) is 14.3. The van der Waals surface area contributed by atoms with Crippen LogP contribution in [0.4, 0.5) is 4.39 Å². The van der Waals surface area contributed by atoms with Crippen LogP contribution in [0.5, 0.6) is 0 Å². The summed E-state index contributed by atoms with van der Waals surface area (Å²) in [5.41, 5.74) is 0. The summed E-state index contributed by atoms with van der Waals surface area (Å²) in [6.07, 6.45) is 0. The van der Waals surface area contributed by atoms with E-state index in [-0.39, 0.29) is 11.7 Å². The first-order chi connectivity index (χ1) is 9.16. The van der Waals surface area contributed by atoms with Crippen LogP contribution in [0.3, 0.4) is 0 Å². The van der Waals surface area contributed by atoms with Gasteiger partial charge >= 0.3 is 0 Å². The number of nitrogens with zero attached hydrogens (tertiary/aromatic N) is 2. The Balaban J connectivity index is 1.70. The zero-order chi connectivity index (χ0) is 13.7. The number of thioether (sulfide) groups is 1. The minimum Gasteiger partial charge on any atom is -0.340 e. The molecule has 3 nitrogen and oxygen atoms in total. The number of rotatable bonds is 4. The van der Waals surface area contributed by atoms with Crippen LogP contribution in [-0.4, -0.2) is 54.2 Å². The predicted octanol–water partition coefficient (Wildman–Crippen LogP) is 2.08. The van der Waals surface area contributed by atoms with Gasteiger partial charge in [-0.3, -0.25) is 9.69 Å². The summed E-state index contributed by atoms with van der Waals surface area (Å²) in [6, 6.07) is 6.87. The van der Waals surface area contributed by atoms with Crippen LogP contribution < -0.4 is 0 Å². The third-order valence-corrected chi connectivity index (χ3v) is 4.35. The van der Waals surface area contributed by atoms with Crippen LogP contribution in [0, 0.1) is 5.82 Å². The molecule has 0 aliphatic carbocycles. The largest absolute Gasteiger partial charge is 0.340 e. The van der Waals surface area contributed by atoms with Gasteiger partial charge in [0.1, 0.15) is 5.82 Å². The van der Waals surface area contributed by atoms with E-state index in [0.29, 0.717) is 4.90 Å². The van der Waals surface area contributed by atoms with Crippen LogP contribution in [0.1, 0.15) is 6.92 Å². The zero-order valence-electron chi connectivity index (χ0n) is 11.1. The van der Waals surface area contributed by atoms with Crippen LogP contribution in [-0.2, 0) is 4.79 Å². The molecule has 1 aromatic carbocycles. The molecular weight excluding hydrogens is 263 g/mol. The summed E-state index contributed by atoms with van der Waals surface area (Å²) < 4.78 is 13.4. The van der Waals surface area contributed by atoms with Crippen molar-refractivity contribution in [3.63, 3.8) is 0 Å². The number of amides is 1. The molecular formula is C14H19FN2OS. The average Bonchev–Trinajstić information content (AvgIpc) is 2.41. The van der Waals surface area contributed by atoms with Gasteiger partial charge in [-0.1, -0.05) is 12.1 Å². The maximum Gasteiger partial charge on any atom is 0.219 e. The Labute approximate surface area is 117 Å². The second-order valence-electron chi connectivity index (χ2n) is 4.63. The van der Waals surface area contributed by atoms with Crippen molar-refractivity contribution in [3.8, 4) is 0 Å². The molecule has 0 aromatic heterocycles. The molecule has 5 heteroatoms. The van der Waals surface area contributed by atoms with Gasteiger partial charge in [-0.15, -0.1) is 11.8 Å². The maximum atomic E-state index is 13.4. The summed E-state index contributed by atoms with van der Waals surface area (Å²) in [5.74, 6) is 0.885. The molecule has 1 heterocycles. The average molecular weight is 282 g/mol. The second-order valence-corrected chi connectivity index (χ2v) is 5.76. The van der Waals surface area contributed by atoms with E-state index in [1.165, 1.54) is 6.07 Å². The van der Waals surface area contributed by atoms with Crippen LogP contribution >= 0.6 is 11.8 Å². The van der Waals surface area contributed by atoms with E-state index < -0.39 is 0 Å². The van der Waals surface area contributed by atoms with Crippen molar-refractivity contribution in [2.24, 2.45) is 0 Å². The van der Waals surface area contributed by atoms with Gasteiger partial charge in [0, 0.05) is 50.3 Å². The first-order valence-corrected chi connectivity index (χ1v) is 7.50. The van der Waals surface area contributed by atoms with Gasteiger partial charge in [0.05, 0.1) is 0 Å². The molecule has 1 aliphatic rings. The van der Waals surface area contributed by atoms with E-state index in [2.05, 4.69) is 4.90 Å². The SMILES string of the molecule is CC(=O)N1CCN(CCSc2ccccc2F)CC1. The predicted molar refractivity (Wildman–Crippen MR) is 75.8 cm³/mol. The zero-order valence-corrected chi connectivity index (χ0v) is 12.0. The van der Waals surface area contributed by atoms with Crippen LogP contribution in [0.15, 0.2) is 29.2 Å². The van der Waals surface area contributed by atoms with E-state index in [1.54, 1.807) is 24.8 Å². The third-order valence-electron chi connectivity index (χ3n) is 3.32. The number of carbonyl (C=O) groups excluding carboxylic acids is 1. The molecule has 0 bridgehead atoms. The summed E-state index contributed by atoms with van der Waals surface area (Å²) in [6.45, 7) is 5.99. The molecule has 0 unspecified atom stereocenters. The van der Waals surface area contributed by atoms with E-state index in [0.717, 1.165) is 38.5 Å². The Morgan fingerprint density at radius 1 is 1.26 bits per heavy atom. The fraction of sp³-hybridized carbons (Fsp3) is 0.500. The molecule has 0 atom stereocenters. The van der Waals surface area contributed by atoms with Crippen LogP contribution in [0.2, 0.25) is 0 Å². The van der Waals surface area contributed by atoms with E-state index in [9.17, 15) is 9.18 Å². The van der Waals surface area contributed by atoms with E-state index in [1.807, 2.05) is 17.0 Å². The number of benzene rings is 1. The second kappa shape index (κ2) is 6.91. The van der Waals surface area contributed by atoms with E-state index >= 15 is 0 Å². The van der Waals surface area contributed by atoms with Gasteiger partial charge in [-0.2, -0.15) is 0 Å². The first-order valence-electron chi connectivity index (χ1n) is 6.52. The van der Waals surface area contributed by atoms with Crippen molar-refractivity contribution in [1.82, 2.24) is 9.80 Å². The Morgan fingerprint density at radius 3 is 2.58 bits per heavy atom. The molecule has 2 rings (SSSR count). The van der Waals surface area contributed by atoms with Crippen molar-refractivity contribution in [3.05, 3.63) is 30.1 Å². The van der Waals surface area contributed by atoms with Crippen molar-refractivity contribution in [2.45, 2.75) is 11.8 Å².